The van der Waals surface area contributed by atoms with E-state index in [1.54, 1.807) is 0 Å². The minimum absolute atomic E-state index is 0.684. The van der Waals surface area contributed by atoms with Gasteiger partial charge in [0.25, 0.3) is 0 Å². The second-order valence-electron chi connectivity index (χ2n) is 4.60. The molecule has 2 heterocycles. The van der Waals surface area contributed by atoms with Gasteiger partial charge >= 0.3 is 0 Å². The molecule has 2 aromatic carbocycles. The van der Waals surface area contributed by atoms with Crippen molar-refractivity contribution in [3.8, 4) is 11.3 Å². The van der Waals surface area contributed by atoms with E-state index in [2.05, 4.69) is 10.1 Å². The number of hydrogen-bond acceptors (Lipinski definition) is 2. The molecule has 0 aliphatic rings. The average molecular weight is 280 g/mol. The fourth-order valence-corrected chi connectivity index (χ4v) is 2.50. The zero-order valence-corrected chi connectivity index (χ0v) is 11.2. The number of aromatic nitrogens is 3. The highest BCUT2D eigenvalue weighted by Gasteiger charge is 2.07. The van der Waals surface area contributed by atoms with Crippen LogP contribution < -0.4 is 0 Å². The molecule has 3 nitrogen and oxygen atoms in total. The zero-order chi connectivity index (χ0) is 13.5. The molecule has 4 rings (SSSR count). The van der Waals surface area contributed by atoms with Crippen LogP contribution in [0.1, 0.15) is 0 Å². The second kappa shape index (κ2) is 4.32. The quantitative estimate of drug-likeness (QED) is 0.523. The third kappa shape index (κ3) is 1.75. The predicted octanol–water partition coefficient (Wildman–Crippen LogP) is 4.20. The van der Waals surface area contributed by atoms with Gasteiger partial charge < -0.3 is 0 Å². The van der Waals surface area contributed by atoms with Crippen molar-refractivity contribution in [2.24, 2.45) is 0 Å². The number of imidazole rings is 1. The third-order valence-corrected chi connectivity index (χ3v) is 3.52. The molecule has 96 valence electrons. The van der Waals surface area contributed by atoms with Crippen molar-refractivity contribution in [1.82, 2.24) is 14.6 Å². The summed E-state index contributed by atoms with van der Waals surface area (Å²) in [6.45, 7) is 0. The molecule has 0 unspecified atom stereocenters. The molecule has 0 spiro atoms. The number of hydrogen-bond donors (Lipinski definition) is 0. The van der Waals surface area contributed by atoms with Crippen LogP contribution in [0.4, 0.5) is 0 Å². The van der Waals surface area contributed by atoms with Crippen molar-refractivity contribution in [3.05, 3.63) is 65.7 Å². The highest BCUT2D eigenvalue weighted by atomic mass is 35.5. The van der Waals surface area contributed by atoms with E-state index in [4.69, 9.17) is 11.6 Å². The molecule has 0 aliphatic heterocycles. The van der Waals surface area contributed by atoms with Gasteiger partial charge in [-0.25, -0.2) is 9.50 Å². The maximum atomic E-state index is 6.00. The molecule has 0 saturated carbocycles. The van der Waals surface area contributed by atoms with Crippen LogP contribution in [0, 0.1) is 0 Å². The van der Waals surface area contributed by atoms with Crippen LogP contribution >= 0.6 is 11.6 Å². The average Bonchev–Trinajstić information content (AvgIpc) is 2.84. The van der Waals surface area contributed by atoms with Crippen molar-refractivity contribution in [2.45, 2.75) is 0 Å². The SMILES string of the molecule is Clc1ccc2c(c1)nc1ccc(-c3ccccc3)nn12. The van der Waals surface area contributed by atoms with Crippen molar-refractivity contribution in [3.63, 3.8) is 0 Å². The highest BCUT2D eigenvalue weighted by molar-refractivity contribution is 6.31. The van der Waals surface area contributed by atoms with Gasteiger partial charge in [-0.2, -0.15) is 5.10 Å². The summed E-state index contributed by atoms with van der Waals surface area (Å²) in [5, 5.41) is 5.36. The van der Waals surface area contributed by atoms with Crippen molar-refractivity contribution in [2.75, 3.05) is 0 Å². The van der Waals surface area contributed by atoms with Crippen LogP contribution in [0.25, 0.3) is 27.9 Å². The van der Waals surface area contributed by atoms with Crippen LogP contribution in [0.2, 0.25) is 5.02 Å². The third-order valence-electron chi connectivity index (χ3n) is 3.29. The lowest BCUT2D eigenvalue weighted by Gasteiger charge is -2.01. The normalized spacial score (nSPS) is 11.2. The Hall–Kier alpha value is -2.39. The lowest BCUT2D eigenvalue weighted by molar-refractivity contribution is 0.972. The van der Waals surface area contributed by atoms with E-state index >= 15 is 0 Å². The largest absolute Gasteiger partial charge is 0.227 e. The first-order valence-corrected chi connectivity index (χ1v) is 6.69. The number of rotatable bonds is 1. The number of fused-ring (bicyclic) bond motifs is 3. The van der Waals surface area contributed by atoms with E-state index in [1.807, 2.05) is 65.2 Å². The molecule has 0 atom stereocenters. The van der Waals surface area contributed by atoms with Gasteiger partial charge in [-0.1, -0.05) is 41.9 Å². The van der Waals surface area contributed by atoms with E-state index in [9.17, 15) is 0 Å². The van der Waals surface area contributed by atoms with Crippen LogP contribution in [0.5, 0.6) is 0 Å². The fraction of sp³-hybridized carbons (Fsp3) is 0. The molecule has 0 bridgehead atoms. The summed E-state index contributed by atoms with van der Waals surface area (Å²) < 4.78 is 1.86. The molecular formula is C16H10ClN3. The molecule has 0 amide bonds. The Morgan fingerprint density at radius 1 is 0.900 bits per heavy atom. The molecule has 4 heteroatoms. The van der Waals surface area contributed by atoms with Gasteiger partial charge in [-0.3, -0.25) is 0 Å². The van der Waals surface area contributed by atoms with Gasteiger partial charge in [-0.05, 0) is 30.3 Å². The molecule has 0 saturated heterocycles. The summed E-state index contributed by atoms with van der Waals surface area (Å²) in [4.78, 5) is 4.53. The summed E-state index contributed by atoms with van der Waals surface area (Å²) in [5.74, 6) is 0. The smallest absolute Gasteiger partial charge is 0.154 e. The lowest BCUT2D eigenvalue weighted by Crippen LogP contribution is -1.94. The van der Waals surface area contributed by atoms with E-state index in [1.165, 1.54) is 0 Å². The molecule has 20 heavy (non-hydrogen) atoms. The first-order chi connectivity index (χ1) is 9.81. The Bertz CT molecular complexity index is 913. The van der Waals surface area contributed by atoms with E-state index < -0.39 is 0 Å². The molecular weight excluding hydrogens is 270 g/mol. The maximum absolute atomic E-state index is 6.00. The Kier molecular flexibility index (Phi) is 2.47. The summed E-state index contributed by atoms with van der Waals surface area (Å²) in [7, 11) is 0. The molecule has 2 aromatic heterocycles. The molecule has 0 N–H and O–H groups in total. The van der Waals surface area contributed by atoms with Crippen LogP contribution in [-0.2, 0) is 0 Å². The molecule has 0 fully saturated rings. The summed E-state index contributed by atoms with van der Waals surface area (Å²) in [6.07, 6.45) is 0. The fourth-order valence-electron chi connectivity index (χ4n) is 2.33. The van der Waals surface area contributed by atoms with Gasteiger partial charge in [0.05, 0.1) is 16.7 Å². The maximum Gasteiger partial charge on any atom is 0.154 e. The van der Waals surface area contributed by atoms with Gasteiger partial charge in [-0.15, -0.1) is 0 Å². The summed E-state index contributed by atoms with van der Waals surface area (Å²) in [5.41, 5.74) is 4.65. The summed E-state index contributed by atoms with van der Waals surface area (Å²) >= 11 is 6.00. The molecule has 4 aromatic rings. The van der Waals surface area contributed by atoms with E-state index in [-0.39, 0.29) is 0 Å². The molecule has 0 aliphatic carbocycles. The monoisotopic (exact) mass is 279 g/mol. The zero-order valence-electron chi connectivity index (χ0n) is 10.5. The van der Waals surface area contributed by atoms with Gasteiger partial charge in [0.2, 0.25) is 0 Å². The van der Waals surface area contributed by atoms with Gasteiger partial charge in [0, 0.05) is 10.6 Å². The first-order valence-electron chi connectivity index (χ1n) is 6.32. The number of halogens is 1. The lowest BCUT2D eigenvalue weighted by atomic mass is 10.1. The van der Waals surface area contributed by atoms with Gasteiger partial charge in [0.15, 0.2) is 5.65 Å². The number of benzene rings is 2. The van der Waals surface area contributed by atoms with E-state index in [0.717, 1.165) is 27.9 Å². The second-order valence-corrected chi connectivity index (χ2v) is 5.04. The van der Waals surface area contributed by atoms with Crippen molar-refractivity contribution in [1.29, 1.82) is 0 Å². The standard InChI is InChI=1S/C16H10ClN3/c17-12-6-8-15-14(10-12)18-16-9-7-13(19-20(15)16)11-4-2-1-3-5-11/h1-10H. The van der Waals surface area contributed by atoms with Crippen LogP contribution in [-0.4, -0.2) is 14.6 Å². The van der Waals surface area contributed by atoms with Crippen molar-refractivity contribution < 1.29 is 0 Å². The Balaban J connectivity index is 2.01. The molecule has 0 radical (unpaired) electrons. The Morgan fingerprint density at radius 3 is 2.60 bits per heavy atom. The van der Waals surface area contributed by atoms with Crippen molar-refractivity contribution >= 4 is 28.3 Å². The Labute approximate surface area is 120 Å². The predicted molar refractivity (Wildman–Crippen MR) is 80.9 cm³/mol. The van der Waals surface area contributed by atoms with E-state index in [0.29, 0.717) is 5.02 Å². The Morgan fingerprint density at radius 2 is 1.75 bits per heavy atom. The van der Waals surface area contributed by atoms with Crippen LogP contribution in [0.15, 0.2) is 60.7 Å². The first kappa shape index (κ1) is 11.4. The highest BCUT2D eigenvalue weighted by Crippen LogP contribution is 2.22. The topological polar surface area (TPSA) is 30.2 Å². The number of nitrogens with zero attached hydrogens (tertiary/aromatic N) is 3. The summed E-state index contributed by atoms with van der Waals surface area (Å²) in [6, 6.07) is 19.7. The minimum atomic E-state index is 0.684. The minimum Gasteiger partial charge on any atom is -0.227 e. The van der Waals surface area contributed by atoms with Crippen LogP contribution in [0.3, 0.4) is 0 Å². The van der Waals surface area contributed by atoms with Gasteiger partial charge in [0.1, 0.15) is 0 Å².